The van der Waals surface area contributed by atoms with Crippen molar-refractivity contribution in [2.24, 2.45) is 0 Å². The standard InChI is InChI=1S/C18H17N3O2/c1-13-4-3-5-15(10-13)20-18(23)14(11-19)12-21(2)16-6-8-17(22)9-7-16/h3-10,12,22H,1-2H3,(H,20,23)/b14-12-. The molecule has 0 radical (unpaired) electrons. The van der Waals surface area contributed by atoms with E-state index in [2.05, 4.69) is 5.32 Å². The van der Waals surface area contributed by atoms with E-state index in [0.29, 0.717) is 5.69 Å². The van der Waals surface area contributed by atoms with Crippen LogP contribution >= 0.6 is 0 Å². The van der Waals surface area contributed by atoms with Gasteiger partial charge in [-0.2, -0.15) is 5.26 Å². The van der Waals surface area contributed by atoms with Crippen LogP contribution in [0.4, 0.5) is 11.4 Å². The molecule has 0 atom stereocenters. The van der Waals surface area contributed by atoms with Crippen molar-refractivity contribution in [3.05, 3.63) is 65.9 Å². The number of nitrogens with zero attached hydrogens (tertiary/aromatic N) is 2. The molecule has 0 fully saturated rings. The SMILES string of the molecule is Cc1cccc(NC(=O)/C(C#N)=C\N(C)c2ccc(O)cc2)c1. The molecule has 0 unspecified atom stereocenters. The average Bonchev–Trinajstić information content (AvgIpc) is 2.53. The van der Waals surface area contributed by atoms with Crippen LogP contribution in [0.3, 0.4) is 0 Å². The Hall–Kier alpha value is -3.26. The summed E-state index contributed by atoms with van der Waals surface area (Å²) in [7, 11) is 1.73. The molecule has 0 heterocycles. The van der Waals surface area contributed by atoms with Gasteiger partial charge in [-0.05, 0) is 48.9 Å². The third-order valence-corrected chi connectivity index (χ3v) is 3.22. The molecule has 0 aliphatic rings. The van der Waals surface area contributed by atoms with E-state index in [0.717, 1.165) is 11.3 Å². The van der Waals surface area contributed by atoms with Crippen molar-refractivity contribution < 1.29 is 9.90 Å². The van der Waals surface area contributed by atoms with Crippen molar-refractivity contribution in [2.75, 3.05) is 17.3 Å². The van der Waals surface area contributed by atoms with Crippen LogP contribution in [-0.4, -0.2) is 18.1 Å². The van der Waals surface area contributed by atoms with Crippen molar-refractivity contribution in [3.8, 4) is 11.8 Å². The van der Waals surface area contributed by atoms with Crippen LogP contribution in [0.5, 0.6) is 5.75 Å². The minimum atomic E-state index is -0.469. The summed E-state index contributed by atoms with van der Waals surface area (Å²) in [4.78, 5) is 13.9. The van der Waals surface area contributed by atoms with Crippen LogP contribution in [0.25, 0.3) is 0 Å². The van der Waals surface area contributed by atoms with Gasteiger partial charge in [0.1, 0.15) is 17.4 Å². The number of nitriles is 1. The van der Waals surface area contributed by atoms with Gasteiger partial charge >= 0.3 is 0 Å². The van der Waals surface area contributed by atoms with Crippen LogP contribution in [0.15, 0.2) is 60.3 Å². The highest BCUT2D eigenvalue weighted by molar-refractivity contribution is 6.06. The van der Waals surface area contributed by atoms with Crippen LogP contribution < -0.4 is 10.2 Å². The Balaban J connectivity index is 2.16. The van der Waals surface area contributed by atoms with E-state index in [1.165, 1.54) is 6.20 Å². The number of phenols is 1. The normalized spacial score (nSPS) is 10.7. The molecule has 2 aromatic rings. The minimum Gasteiger partial charge on any atom is -0.508 e. The number of carbonyl (C=O) groups excluding carboxylic acids is 1. The topological polar surface area (TPSA) is 76.4 Å². The Morgan fingerprint density at radius 1 is 1.26 bits per heavy atom. The molecule has 0 aromatic heterocycles. The van der Waals surface area contributed by atoms with Crippen LogP contribution in [-0.2, 0) is 4.79 Å². The number of aromatic hydroxyl groups is 1. The maximum absolute atomic E-state index is 12.2. The molecule has 5 heteroatoms. The summed E-state index contributed by atoms with van der Waals surface area (Å²) >= 11 is 0. The second-order valence-corrected chi connectivity index (χ2v) is 5.11. The molecule has 116 valence electrons. The molecule has 0 bridgehead atoms. The van der Waals surface area contributed by atoms with Gasteiger partial charge in [-0.3, -0.25) is 4.79 Å². The second kappa shape index (κ2) is 7.14. The van der Waals surface area contributed by atoms with Gasteiger partial charge in [0, 0.05) is 24.6 Å². The van der Waals surface area contributed by atoms with E-state index in [1.807, 2.05) is 31.2 Å². The zero-order chi connectivity index (χ0) is 16.8. The molecule has 1 amide bonds. The van der Waals surface area contributed by atoms with E-state index >= 15 is 0 Å². The lowest BCUT2D eigenvalue weighted by molar-refractivity contribution is -0.112. The van der Waals surface area contributed by atoms with Gasteiger partial charge in [0.05, 0.1) is 0 Å². The van der Waals surface area contributed by atoms with Crippen molar-refractivity contribution in [2.45, 2.75) is 6.92 Å². The number of hydrogen-bond donors (Lipinski definition) is 2. The molecular weight excluding hydrogens is 290 g/mol. The number of nitrogens with one attached hydrogen (secondary N) is 1. The van der Waals surface area contributed by atoms with Gasteiger partial charge in [-0.15, -0.1) is 0 Å². The molecule has 0 aliphatic heterocycles. The predicted molar refractivity (Wildman–Crippen MR) is 90.0 cm³/mol. The number of carbonyl (C=O) groups is 1. The molecule has 0 saturated heterocycles. The molecule has 23 heavy (non-hydrogen) atoms. The molecule has 2 aromatic carbocycles. The Labute approximate surface area is 135 Å². The average molecular weight is 307 g/mol. The fourth-order valence-corrected chi connectivity index (χ4v) is 2.02. The van der Waals surface area contributed by atoms with Crippen molar-refractivity contribution in [3.63, 3.8) is 0 Å². The van der Waals surface area contributed by atoms with Gasteiger partial charge in [0.15, 0.2) is 0 Å². The highest BCUT2D eigenvalue weighted by atomic mass is 16.3. The lowest BCUT2D eigenvalue weighted by Gasteiger charge is -2.15. The summed E-state index contributed by atoms with van der Waals surface area (Å²) < 4.78 is 0. The molecule has 0 aliphatic carbocycles. The smallest absolute Gasteiger partial charge is 0.267 e. The van der Waals surface area contributed by atoms with Crippen LogP contribution in [0.1, 0.15) is 5.56 Å². The number of benzene rings is 2. The van der Waals surface area contributed by atoms with Crippen molar-refractivity contribution in [1.29, 1.82) is 5.26 Å². The van der Waals surface area contributed by atoms with Crippen molar-refractivity contribution in [1.82, 2.24) is 0 Å². The zero-order valence-electron chi connectivity index (χ0n) is 12.9. The first kappa shape index (κ1) is 16.1. The Kier molecular flexibility index (Phi) is 5.00. The van der Waals surface area contributed by atoms with Crippen LogP contribution in [0.2, 0.25) is 0 Å². The molecule has 0 saturated carbocycles. The summed E-state index contributed by atoms with van der Waals surface area (Å²) in [6, 6.07) is 15.7. The highest BCUT2D eigenvalue weighted by Gasteiger charge is 2.11. The van der Waals surface area contributed by atoms with Crippen LogP contribution in [0, 0.1) is 18.3 Å². The zero-order valence-corrected chi connectivity index (χ0v) is 12.9. The Morgan fingerprint density at radius 3 is 2.57 bits per heavy atom. The molecule has 2 rings (SSSR count). The van der Waals surface area contributed by atoms with E-state index in [4.69, 9.17) is 0 Å². The summed E-state index contributed by atoms with van der Waals surface area (Å²) in [5, 5.41) is 21.2. The lowest BCUT2D eigenvalue weighted by atomic mass is 10.2. The van der Waals surface area contributed by atoms with E-state index < -0.39 is 5.91 Å². The van der Waals surface area contributed by atoms with E-state index in [-0.39, 0.29) is 11.3 Å². The first-order chi connectivity index (χ1) is 11.0. The maximum atomic E-state index is 12.2. The first-order valence-corrected chi connectivity index (χ1v) is 7.01. The third kappa shape index (κ3) is 4.35. The van der Waals surface area contributed by atoms with E-state index in [9.17, 15) is 15.2 Å². The first-order valence-electron chi connectivity index (χ1n) is 7.01. The number of phenolic OH excluding ortho intramolecular Hbond substituents is 1. The largest absolute Gasteiger partial charge is 0.508 e. The summed E-state index contributed by atoms with van der Waals surface area (Å²) in [6.07, 6.45) is 1.46. The molecule has 2 N–H and O–H groups in total. The van der Waals surface area contributed by atoms with Gasteiger partial charge in [-0.1, -0.05) is 12.1 Å². The maximum Gasteiger partial charge on any atom is 0.267 e. The Morgan fingerprint density at radius 2 is 1.96 bits per heavy atom. The van der Waals surface area contributed by atoms with Gasteiger partial charge in [0.25, 0.3) is 5.91 Å². The fraction of sp³-hybridized carbons (Fsp3) is 0.111. The second-order valence-electron chi connectivity index (χ2n) is 5.11. The van der Waals surface area contributed by atoms with Gasteiger partial charge in [-0.25, -0.2) is 0 Å². The van der Waals surface area contributed by atoms with Gasteiger partial charge in [0.2, 0.25) is 0 Å². The summed E-state index contributed by atoms with van der Waals surface area (Å²) in [5.74, 6) is -0.312. The predicted octanol–water partition coefficient (Wildman–Crippen LogP) is 3.18. The van der Waals surface area contributed by atoms with E-state index in [1.54, 1.807) is 42.3 Å². The quantitative estimate of drug-likeness (QED) is 0.672. The molecule has 0 spiro atoms. The number of hydrogen-bond acceptors (Lipinski definition) is 4. The molecular formula is C18H17N3O2. The minimum absolute atomic E-state index is 0.0120. The summed E-state index contributed by atoms with van der Waals surface area (Å²) in [5.41, 5.74) is 2.40. The van der Waals surface area contributed by atoms with Gasteiger partial charge < -0.3 is 15.3 Å². The lowest BCUT2D eigenvalue weighted by Crippen LogP contribution is -2.17. The Bertz CT molecular complexity index is 774. The highest BCUT2D eigenvalue weighted by Crippen LogP contribution is 2.18. The number of amides is 1. The third-order valence-electron chi connectivity index (χ3n) is 3.22. The van der Waals surface area contributed by atoms with Crippen molar-refractivity contribution >= 4 is 17.3 Å². The monoisotopic (exact) mass is 307 g/mol. The number of anilines is 2. The fourth-order valence-electron chi connectivity index (χ4n) is 2.02. The molecule has 5 nitrogen and oxygen atoms in total. The number of aryl methyl sites for hydroxylation is 1. The number of rotatable bonds is 4. The summed E-state index contributed by atoms with van der Waals surface area (Å²) in [6.45, 7) is 1.93.